The van der Waals surface area contributed by atoms with Crippen molar-refractivity contribution in [3.05, 3.63) is 41.0 Å². The number of hydrogen-bond acceptors (Lipinski definition) is 6. The van der Waals surface area contributed by atoms with E-state index in [4.69, 9.17) is 18.9 Å². The van der Waals surface area contributed by atoms with Crippen molar-refractivity contribution < 1.29 is 18.9 Å². The first-order valence-corrected chi connectivity index (χ1v) is 9.29. The Balaban J connectivity index is 2.25. The van der Waals surface area contributed by atoms with Gasteiger partial charge in [-0.15, -0.1) is 0 Å². The summed E-state index contributed by atoms with van der Waals surface area (Å²) in [5.74, 6) is 2.11. The van der Waals surface area contributed by atoms with Crippen LogP contribution in [0.15, 0.2) is 41.0 Å². The van der Waals surface area contributed by atoms with Gasteiger partial charge < -0.3 is 18.9 Å². The van der Waals surface area contributed by atoms with Crippen LogP contribution in [0.4, 0.5) is 0 Å². The van der Waals surface area contributed by atoms with Crippen LogP contribution in [0.1, 0.15) is 0 Å². The van der Waals surface area contributed by atoms with Crippen LogP contribution >= 0.6 is 27.5 Å². The zero-order chi connectivity index (χ0) is 18.7. The first kappa shape index (κ1) is 18.5. The Kier molecular flexibility index (Phi) is 5.68. The van der Waals surface area contributed by atoms with E-state index in [-0.39, 0.29) is 0 Å². The molecule has 0 bridgehead atoms. The molecule has 0 aliphatic heterocycles. The third-order valence-corrected chi connectivity index (χ3v) is 5.33. The molecule has 2 aromatic carbocycles. The lowest BCUT2D eigenvalue weighted by molar-refractivity contribution is 0.306. The molecule has 5 nitrogen and oxygen atoms in total. The Hall–Kier alpha value is -2.25. The number of rotatable bonds is 6. The second kappa shape index (κ2) is 7.97. The molecule has 0 saturated carbocycles. The molecule has 0 saturated heterocycles. The van der Waals surface area contributed by atoms with Gasteiger partial charge in [-0.05, 0) is 35.3 Å². The maximum absolute atomic E-state index is 5.65. The first-order chi connectivity index (χ1) is 12.6. The molecular formula is C19H18BrNO4S. The summed E-state index contributed by atoms with van der Waals surface area (Å²) in [4.78, 5) is 1.03. The topological polar surface area (TPSA) is 49.8 Å². The molecule has 7 heteroatoms. The van der Waals surface area contributed by atoms with Crippen molar-refractivity contribution in [1.82, 2.24) is 4.37 Å². The van der Waals surface area contributed by atoms with Crippen molar-refractivity contribution in [2.75, 3.05) is 28.4 Å². The van der Waals surface area contributed by atoms with Crippen molar-refractivity contribution in [2.45, 2.75) is 0 Å². The van der Waals surface area contributed by atoms with Gasteiger partial charge in [-0.3, -0.25) is 0 Å². The van der Waals surface area contributed by atoms with E-state index in [0.29, 0.717) is 23.0 Å². The predicted molar refractivity (Wildman–Crippen MR) is 107 cm³/mol. The fourth-order valence-corrected chi connectivity index (χ4v) is 3.80. The van der Waals surface area contributed by atoms with Gasteiger partial charge in [-0.1, -0.05) is 28.1 Å². The predicted octanol–water partition coefficient (Wildman–Crippen LogP) is 5.27. The second-order valence-corrected chi connectivity index (χ2v) is 7.02. The molecule has 0 unspecified atom stereocenters. The van der Waals surface area contributed by atoms with Gasteiger partial charge in [0.15, 0.2) is 11.5 Å². The molecular weight excluding hydrogens is 418 g/mol. The maximum Gasteiger partial charge on any atom is 0.207 e. The molecule has 3 rings (SSSR count). The minimum Gasteiger partial charge on any atom is -0.493 e. The van der Waals surface area contributed by atoms with Gasteiger partial charge in [-0.25, -0.2) is 0 Å². The van der Waals surface area contributed by atoms with E-state index in [1.54, 1.807) is 28.4 Å². The molecule has 26 heavy (non-hydrogen) atoms. The molecule has 0 fully saturated rings. The summed E-state index contributed by atoms with van der Waals surface area (Å²) in [6, 6.07) is 9.99. The van der Waals surface area contributed by atoms with Crippen LogP contribution in [-0.2, 0) is 0 Å². The van der Waals surface area contributed by atoms with Crippen molar-refractivity contribution in [2.24, 2.45) is 0 Å². The Morgan fingerprint density at radius 2 is 1.46 bits per heavy atom. The Bertz CT molecular complexity index is 909. The number of ether oxygens (including phenoxy) is 4. The SMILES string of the molecule is COc1cc(-c2cnsc2-c2ccc(Br)cc2)c(OC)c(OC)c1OC. The van der Waals surface area contributed by atoms with E-state index in [9.17, 15) is 0 Å². The molecule has 1 aromatic heterocycles. The highest BCUT2D eigenvalue weighted by Gasteiger charge is 2.24. The summed E-state index contributed by atoms with van der Waals surface area (Å²) in [5.41, 5.74) is 2.84. The monoisotopic (exact) mass is 435 g/mol. The van der Waals surface area contributed by atoms with Gasteiger partial charge in [0.05, 0.1) is 33.3 Å². The molecule has 0 N–H and O–H groups in total. The molecule has 1 heterocycles. The molecule has 0 aliphatic rings. The average molecular weight is 436 g/mol. The third kappa shape index (κ3) is 3.24. The second-order valence-electron chi connectivity index (χ2n) is 5.30. The van der Waals surface area contributed by atoms with Crippen molar-refractivity contribution in [1.29, 1.82) is 0 Å². The normalized spacial score (nSPS) is 10.5. The summed E-state index contributed by atoms with van der Waals surface area (Å²) in [5, 5.41) is 0. The van der Waals surface area contributed by atoms with Gasteiger partial charge in [0.2, 0.25) is 11.5 Å². The third-order valence-electron chi connectivity index (χ3n) is 3.96. The van der Waals surface area contributed by atoms with Gasteiger partial charge in [0, 0.05) is 21.8 Å². The summed E-state index contributed by atoms with van der Waals surface area (Å²) in [6.07, 6.45) is 1.82. The van der Waals surface area contributed by atoms with Crippen molar-refractivity contribution in [3.8, 4) is 44.6 Å². The number of halogens is 1. The van der Waals surface area contributed by atoms with E-state index in [2.05, 4.69) is 20.3 Å². The van der Waals surface area contributed by atoms with E-state index in [0.717, 1.165) is 26.0 Å². The van der Waals surface area contributed by atoms with E-state index < -0.39 is 0 Å². The van der Waals surface area contributed by atoms with Crippen molar-refractivity contribution in [3.63, 3.8) is 0 Å². The molecule has 0 atom stereocenters. The summed E-state index contributed by atoms with van der Waals surface area (Å²) in [6.45, 7) is 0. The Labute approximate surface area is 164 Å². The minimum atomic E-state index is 0.484. The standard InChI is InChI=1S/C19H18BrNO4S/c1-22-15-9-13(16(23-2)18(25-4)17(15)24-3)14-10-21-26-19(14)11-5-7-12(20)8-6-11/h5-10H,1-4H3. The number of benzene rings is 2. The van der Waals surface area contributed by atoms with Crippen LogP contribution in [0, 0.1) is 0 Å². The lowest BCUT2D eigenvalue weighted by Gasteiger charge is -2.18. The average Bonchev–Trinajstić information content (AvgIpc) is 3.16. The number of methoxy groups -OCH3 is 4. The van der Waals surface area contributed by atoms with E-state index >= 15 is 0 Å². The summed E-state index contributed by atoms with van der Waals surface area (Å²) in [7, 11) is 6.34. The van der Waals surface area contributed by atoms with Gasteiger partial charge in [0.25, 0.3) is 0 Å². The maximum atomic E-state index is 5.65. The van der Waals surface area contributed by atoms with Crippen LogP contribution in [0.25, 0.3) is 21.6 Å². The molecule has 0 amide bonds. The highest BCUT2D eigenvalue weighted by atomic mass is 79.9. The first-order valence-electron chi connectivity index (χ1n) is 7.72. The molecule has 136 valence electrons. The number of aromatic nitrogens is 1. The zero-order valence-electron chi connectivity index (χ0n) is 14.8. The lowest BCUT2D eigenvalue weighted by atomic mass is 10.0. The van der Waals surface area contributed by atoms with Crippen LogP contribution in [0.5, 0.6) is 23.0 Å². The van der Waals surface area contributed by atoms with Crippen molar-refractivity contribution >= 4 is 27.5 Å². The van der Waals surface area contributed by atoms with Crippen LogP contribution in [0.3, 0.4) is 0 Å². The van der Waals surface area contributed by atoms with Crippen LogP contribution < -0.4 is 18.9 Å². The fraction of sp³-hybridized carbons (Fsp3) is 0.211. The quantitative estimate of drug-likeness (QED) is 0.527. The molecule has 0 aliphatic carbocycles. The van der Waals surface area contributed by atoms with Gasteiger partial charge in [-0.2, -0.15) is 4.37 Å². The fourth-order valence-electron chi connectivity index (χ4n) is 2.77. The summed E-state index contributed by atoms with van der Waals surface area (Å²) >= 11 is 4.90. The van der Waals surface area contributed by atoms with Crippen LogP contribution in [-0.4, -0.2) is 32.8 Å². The largest absolute Gasteiger partial charge is 0.493 e. The van der Waals surface area contributed by atoms with E-state index in [1.807, 2.05) is 36.5 Å². The minimum absolute atomic E-state index is 0.484. The smallest absolute Gasteiger partial charge is 0.207 e. The van der Waals surface area contributed by atoms with Crippen LogP contribution in [0.2, 0.25) is 0 Å². The highest BCUT2D eigenvalue weighted by Crippen LogP contribution is 2.51. The van der Waals surface area contributed by atoms with E-state index in [1.165, 1.54) is 11.5 Å². The lowest BCUT2D eigenvalue weighted by Crippen LogP contribution is -2.00. The number of nitrogens with zero attached hydrogens (tertiary/aromatic N) is 1. The Morgan fingerprint density at radius 3 is 2.04 bits per heavy atom. The highest BCUT2D eigenvalue weighted by molar-refractivity contribution is 9.10. The molecule has 0 radical (unpaired) electrons. The van der Waals surface area contributed by atoms with Gasteiger partial charge in [0.1, 0.15) is 0 Å². The molecule has 0 spiro atoms. The molecule has 3 aromatic rings. The Morgan fingerprint density at radius 1 is 0.808 bits per heavy atom. The van der Waals surface area contributed by atoms with Gasteiger partial charge >= 0.3 is 0 Å². The zero-order valence-corrected chi connectivity index (χ0v) is 17.2. The number of hydrogen-bond donors (Lipinski definition) is 0. The summed E-state index contributed by atoms with van der Waals surface area (Å²) < 4.78 is 27.6.